The molecular weight excluding hydrogens is 200 g/mol. The second-order valence-corrected chi connectivity index (χ2v) is 3.93. The number of amides is 1. The topological polar surface area (TPSA) is 46.3 Å². The predicted octanol–water partition coefficient (Wildman–Crippen LogP) is 1.57. The molecule has 0 atom stereocenters. The summed E-state index contributed by atoms with van der Waals surface area (Å²) in [6, 6.07) is 5.61. The Bertz CT molecular complexity index is 459. The molecule has 0 aromatic heterocycles. The Balaban J connectivity index is 2.46. The third-order valence-electron chi connectivity index (χ3n) is 2.78. The van der Waals surface area contributed by atoms with Crippen molar-refractivity contribution >= 4 is 17.3 Å². The molecule has 16 heavy (non-hydrogen) atoms. The van der Waals surface area contributed by atoms with Gasteiger partial charge in [-0.25, -0.2) is 0 Å². The Morgan fingerprint density at radius 2 is 2.25 bits per heavy atom. The van der Waals surface area contributed by atoms with Gasteiger partial charge in [-0.15, -0.1) is 6.42 Å². The van der Waals surface area contributed by atoms with Crippen LogP contribution >= 0.6 is 0 Å². The molecule has 1 aromatic rings. The van der Waals surface area contributed by atoms with Gasteiger partial charge in [0.25, 0.3) is 0 Å². The molecular formula is C13H14N2O. The number of nitrogens with zero attached hydrogens (tertiary/aromatic N) is 1. The molecule has 1 heterocycles. The molecule has 1 aliphatic heterocycles. The molecule has 1 amide bonds. The summed E-state index contributed by atoms with van der Waals surface area (Å²) in [7, 11) is 0. The number of benzene rings is 1. The third-order valence-corrected chi connectivity index (χ3v) is 2.78. The predicted molar refractivity (Wildman–Crippen MR) is 65.0 cm³/mol. The van der Waals surface area contributed by atoms with Gasteiger partial charge in [-0.3, -0.25) is 4.79 Å². The first-order valence-electron chi connectivity index (χ1n) is 5.34. The highest BCUT2D eigenvalue weighted by Gasteiger charge is 2.21. The molecule has 82 valence electrons. The molecule has 0 spiro atoms. The highest BCUT2D eigenvalue weighted by Crippen LogP contribution is 2.28. The highest BCUT2D eigenvalue weighted by atomic mass is 16.2. The quantitative estimate of drug-likeness (QED) is 0.569. The lowest BCUT2D eigenvalue weighted by Gasteiger charge is -2.20. The molecule has 0 unspecified atom stereocenters. The standard InChI is InChI=1S/C13H14N2O/c1-2-8-15-12-7-6-11(14)9-10(12)4-3-5-13(15)16/h1,6-7,9H,3-5,8,14H2. The average molecular weight is 214 g/mol. The Morgan fingerprint density at radius 3 is 3.00 bits per heavy atom. The van der Waals surface area contributed by atoms with Gasteiger partial charge in [-0.2, -0.15) is 0 Å². The van der Waals surface area contributed by atoms with Crippen molar-refractivity contribution in [3.63, 3.8) is 0 Å². The van der Waals surface area contributed by atoms with E-state index in [4.69, 9.17) is 12.2 Å². The lowest BCUT2D eigenvalue weighted by molar-refractivity contribution is -0.118. The number of nitrogen functional groups attached to an aromatic ring is 1. The molecule has 3 nitrogen and oxygen atoms in total. The van der Waals surface area contributed by atoms with Gasteiger partial charge in [0.2, 0.25) is 5.91 Å². The molecule has 0 saturated heterocycles. The first-order valence-corrected chi connectivity index (χ1v) is 5.34. The zero-order valence-electron chi connectivity index (χ0n) is 9.07. The van der Waals surface area contributed by atoms with Gasteiger partial charge < -0.3 is 10.6 Å². The van der Waals surface area contributed by atoms with Crippen molar-refractivity contribution in [2.45, 2.75) is 19.3 Å². The summed E-state index contributed by atoms with van der Waals surface area (Å²) in [5.41, 5.74) is 8.50. The Labute approximate surface area is 95.2 Å². The third kappa shape index (κ3) is 1.87. The summed E-state index contributed by atoms with van der Waals surface area (Å²) in [6.07, 6.45) is 7.58. The average Bonchev–Trinajstić information content (AvgIpc) is 2.40. The number of hydrogen-bond acceptors (Lipinski definition) is 2. The molecule has 2 N–H and O–H groups in total. The number of nitrogens with two attached hydrogens (primary N) is 1. The van der Waals surface area contributed by atoms with Crippen molar-refractivity contribution < 1.29 is 4.79 Å². The zero-order valence-corrected chi connectivity index (χ0v) is 9.07. The first kappa shape index (κ1) is 10.6. The van der Waals surface area contributed by atoms with Gasteiger partial charge in [-0.1, -0.05) is 5.92 Å². The Hall–Kier alpha value is -1.95. The van der Waals surface area contributed by atoms with Gasteiger partial charge in [0.15, 0.2) is 0 Å². The zero-order chi connectivity index (χ0) is 11.5. The monoisotopic (exact) mass is 214 g/mol. The van der Waals surface area contributed by atoms with E-state index >= 15 is 0 Å². The highest BCUT2D eigenvalue weighted by molar-refractivity contribution is 5.95. The van der Waals surface area contributed by atoms with Gasteiger partial charge in [-0.05, 0) is 36.6 Å². The normalized spacial score (nSPS) is 15.2. The van der Waals surface area contributed by atoms with Crippen LogP contribution in [0.4, 0.5) is 11.4 Å². The molecule has 0 saturated carbocycles. The second kappa shape index (κ2) is 4.28. The summed E-state index contributed by atoms with van der Waals surface area (Å²) in [5, 5.41) is 0. The van der Waals surface area contributed by atoms with E-state index in [2.05, 4.69) is 5.92 Å². The number of terminal acetylenes is 1. The smallest absolute Gasteiger partial charge is 0.227 e. The molecule has 1 aliphatic rings. The Morgan fingerprint density at radius 1 is 1.44 bits per heavy atom. The van der Waals surface area contributed by atoms with E-state index in [0.29, 0.717) is 13.0 Å². The van der Waals surface area contributed by atoms with E-state index in [1.807, 2.05) is 12.1 Å². The van der Waals surface area contributed by atoms with E-state index in [1.165, 1.54) is 0 Å². The number of fused-ring (bicyclic) bond motifs is 1. The van der Waals surface area contributed by atoms with Gasteiger partial charge >= 0.3 is 0 Å². The Kier molecular flexibility index (Phi) is 2.82. The minimum atomic E-state index is 0.0986. The number of carbonyl (C=O) groups excluding carboxylic acids is 1. The minimum absolute atomic E-state index is 0.0986. The van der Waals surface area contributed by atoms with Crippen LogP contribution in [0.25, 0.3) is 0 Å². The SMILES string of the molecule is C#CCN1C(=O)CCCc2cc(N)ccc21. The fraction of sp³-hybridized carbons (Fsp3) is 0.308. The fourth-order valence-corrected chi connectivity index (χ4v) is 2.03. The van der Waals surface area contributed by atoms with Crippen molar-refractivity contribution in [2.75, 3.05) is 17.2 Å². The maximum Gasteiger partial charge on any atom is 0.227 e. The van der Waals surface area contributed by atoms with Gasteiger partial charge in [0.05, 0.1) is 6.54 Å². The van der Waals surface area contributed by atoms with Gasteiger partial charge in [0.1, 0.15) is 0 Å². The molecule has 1 aromatic carbocycles. The van der Waals surface area contributed by atoms with Crippen LogP contribution in [0, 0.1) is 12.3 Å². The van der Waals surface area contributed by atoms with Crippen LogP contribution in [0.2, 0.25) is 0 Å². The lowest BCUT2D eigenvalue weighted by atomic mass is 10.1. The van der Waals surface area contributed by atoms with Crippen LogP contribution in [-0.2, 0) is 11.2 Å². The molecule has 0 fully saturated rings. The van der Waals surface area contributed by atoms with Crippen LogP contribution in [0.5, 0.6) is 0 Å². The van der Waals surface area contributed by atoms with Crippen molar-refractivity contribution in [1.29, 1.82) is 0 Å². The van der Waals surface area contributed by atoms with E-state index < -0.39 is 0 Å². The number of aryl methyl sites for hydroxylation is 1. The summed E-state index contributed by atoms with van der Waals surface area (Å²) < 4.78 is 0. The summed E-state index contributed by atoms with van der Waals surface area (Å²) >= 11 is 0. The summed E-state index contributed by atoms with van der Waals surface area (Å²) in [6.45, 7) is 0.329. The van der Waals surface area contributed by atoms with Crippen molar-refractivity contribution in [1.82, 2.24) is 0 Å². The number of carbonyl (C=O) groups is 1. The molecule has 3 heteroatoms. The summed E-state index contributed by atoms with van der Waals surface area (Å²) in [4.78, 5) is 13.5. The van der Waals surface area contributed by atoms with E-state index in [1.54, 1.807) is 11.0 Å². The maximum atomic E-state index is 11.9. The fourth-order valence-electron chi connectivity index (χ4n) is 2.03. The largest absolute Gasteiger partial charge is 0.399 e. The lowest BCUT2D eigenvalue weighted by Crippen LogP contribution is -2.30. The molecule has 0 bridgehead atoms. The van der Waals surface area contributed by atoms with E-state index in [-0.39, 0.29) is 5.91 Å². The molecule has 2 rings (SSSR count). The van der Waals surface area contributed by atoms with Crippen molar-refractivity contribution in [3.05, 3.63) is 23.8 Å². The number of rotatable bonds is 1. The van der Waals surface area contributed by atoms with Crippen molar-refractivity contribution in [3.8, 4) is 12.3 Å². The number of hydrogen-bond donors (Lipinski definition) is 1. The van der Waals surface area contributed by atoms with Crippen molar-refractivity contribution in [2.24, 2.45) is 0 Å². The van der Waals surface area contributed by atoms with Crippen LogP contribution < -0.4 is 10.6 Å². The van der Waals surface area contributed by atoms with Crippen LogP contribution in [0.1, 0.15) is 18.4 Å². The molecule has 0 aliphatic carbocycles. The molecule has 0 radical (unpaired) electrons. The van der Waals surface area contributed by atoms with Crippen LogP contribution in [0.15, 0.2) is 18.2 Å². The van der Waals surface area contributed by atoms with Crippen LogP contribution in [0.3, 0.4) is 0 Å². The van der Waals surface area contributed by atoms with Crippen LogP contribution in [-0.4, -0.2) is 12.5 Å². The van der Waals surface area contributed by atoms with E-state index in [9.17, 15) is 4.79 Å². The number of anilines is 2. The van der Waals surface area contributed by atoms with E-state index in [0.717, 1.165) is 29.8 Å². The second-order valence-electron chi connectivity index (χ2n) is 3.93. The van der Waals surface area contributed by atoms with Gasteiger partial charge in [0, 0.05) is 17.8 Å². The minimum Gasteiger partial charge on any atom is -0.399 e. The maximum absolute atomic E-state index is 11.9. The summed E-state index contributed by atoms with van der Waals surface area (Å²) in [5.74, 6) is 2.62. The first-order chi connectivity index (χ1) is 7.72.